The van der Waals surface area contributed by atoms with Crippen LogP contribution in [0, 0.1) is 13.8 Å². The maximum Gasteiger partial charge on any atom is 0.127 e. The molecule has 0 unspecified atom stereocenters. The third-order valence-corrected chi connectivity index (χ3v) is 11.6. The lowest BCUT2D eigenvalue weighted by Crippen LogP contribution is -2.28. The SMILES string of the molecule is Cc1cc(-c2ccc3c(c2)C(c2ccccc2)(c2ccccc2)c2ccccc2-3)cc(-c2cccc(-c3cc(-c4ccccc4)cc(-c4cccc(C)c4O)n3)c2)n1. The first-order valence-electron chi connectivity index (χ1n) is 19.8. The molecule has 0 atom stereocenters. The largest absolute Gasteiger partial charge is 0.507 e. The Kier molecular flexibility index (Phi) is 8.65. The second-order valence-corrected chi connectivity index (χ2v) is 15.2. The number of pyridine rings is 2. The molecular weight excluding hydrogens is 705 g/mol. The second-order valence-electron chi connectivity index (χ2n) is 15.2. The summed E-state index contributed by atoms with van der Waals surface area (Å²) in [6.07, 6.45) is 0. The van der Waals surface area contributed by atoms with Crippen LogP contribution in [0.2, 0.25) is 0 Å². The molecule has 58 heavy (non-hydrogen) atoms. The second kappa shape index (κ2) is 14.3. The molecule has 2 heterocycles. The zero-order chi connectivity index (χ0) is 39.2. The van der Waals surface area contributed by atoms with Gasteiger partial charge in [0, 0.05) is 22.4 Å². The van der Waals surface area contributed by atoms with Gasteiger partial charge in [0.15, 0.2) is 0 Å². The maximum atomic E-state index is 11.1. The lowest BCUT2D eigenvalue weighted by Gasteiger charge is -2.34. The van der Waals surface area contributed by atoms with E-state index in [4.69, 9.17) is 9.97 Å². The zero-order valence-electron chi connectivity index (χ0n) is 32.4. The Labute approximate surface area is 339 Å². The maximum absolute atomic E-state index is 11.1. The molecule has 0 amide bonds. The first-order valence-corrected chi connectivity index (χ1v) is 19.8. The summed E-state index contributed by atoms with van der Waals surface area (Å²) in [7, 11) is 0. The van der Waals surface area contributed by atoms with Gasteiger partial charge in [-0.2, -0.15) is 0 Å². The van der Waals surface area contributed by atoms with Gasteiger partial charge in [-0.3, -0.25) is 4.98 Å². The number of rotatable bonds is 7. The normalized spacial score (nSPS) is 12.5. The predicted octanol–water partition coefficient (Wildman–Crippen LogP) is 13.5. The Balaban J connectivity index is 1.10. The minimum atomic E-state index is -0.473. The molecule has 3 nitrogen and oxygen atoms in total. The van der Waals surface area contributed by atoms with E-state index in [-0.39, 0.29) is 5.75 Å². The average molecular weight is 745 g/mol. The predicted molar refractivity (Wildman–Crippen MR) is 238 cm³/mol. The van der Waals surface area contributed by atoms with E-state index in [1.807, 2.05) is 43.3 Å². The standard InChI is InChI=1S/C55H40N2O/c1-36-16-14-26-48(54(36)58)53-35-43(38-17-6-3-7-18-38)34-52(57-53)41-20-15-19-40(31-41)51-33-42(30-37(2)56-51)39-28-29-47-46-25-12-13-27-49(46)55(50(47)32-39,44-21-8-4-9-22-44)45-23-10-5-11-24-45/h3-35,58H,1-2H3. The monoisotopic (exact) mass is 744 g/mol. The summed E-state index contributed by atoms with van der Waals surface area (Å²) in [5, 5.41) is 11.1. The van der Waals surface area contributed by atoms with Crippen LogP contribution >= 0.6 is 0 Å². The smallest absolute Gasteiger partial charge is 0.127 e. The molecule has 0 spiro atoms. The quantitative estimate of drug-likeness (QED) is 0.177. The molecule has 276 valence electrons. The van der Waals surface area contributed by atoms with Crippen LogP contribution in [-0.4, -0.2) is 15.1 Å². The number of para-hydroxylation sites is 1. The van der Waals surface area contributed by atoms with Gasteiger partial charge in [0.2, 0.25) is 0 Å². The van der Waals surface area contributed by atoms with Crippen molar-refractivity contribution in [2.45, 2.75) is 19.3 Å². The Bertz CT molecular complexity index is 2930. The van der Waals surface area contributed by atoms with Crippen molar-refractivity contribution in [1.82, 2.24) is 9.97 Å². The van der Waals surface area contributed by atoms with E-state index in [0.29, 0.717) is 5.56 Å². The van der Waals surface area contributed by atoms with E-state index in [0.717, 1.165) is 61.7 Å². The van der Waals surface area contributed by atoms with Crippen LogP contribution in [-0.2, 0) is 5.41 Å². The molecule has 2 aromatic heterocycles. The minimum absolute atomic E-state index is 0.247. The number of benzene rings is 7. The van der Waals surface area contributed by atoms with Gasteiger partial charge < -0.3 is 5.11 Å². The van der Waals surface area contributed by atoms with Gasteiger partial charge in [0.1, 0.15) is 5.75 Å². The first kappa shape index (κ1) is 35.1. The lowest BCUT2D eigenvalue weighted by molar-refractivity contribution is 0.473. The third-order valence-electron chi connectivity index (χ3n) is 11.6. The lowest BCUT2D eigenvalue weighted by atomic mass is 9.67. The van der Waals surface area contributed by atoms with Crippen molar-refractivity contribution in [3.63, 3.8) is 0 Å². The van der Waals surface area contributed by atoms with Crippen LogP contribution in [0.15, 0.2) is 200 Å². The summed E-state index contributed by atoms with van der Waals surface area (Å²) in [6.45, 7) is 3.99. The molecule has 0 saturated carbocycles. The highest BCUT2D eigenvalue weighted by Crippen LogP contribution is 2.56. The average Bonchev–Trinajstić information content (AvgIpc) is 3.58. The van der Waals surface area contributed by atoms with Gasteiger partial charge in [0.05, 0.1) is 22.5 Å². The molecule has 0 aliphatic heterocycles. The summed E-state index contributed by atoms with van der Waals surface area (Å²) < 4.78 is 0. The van der Waals surface area contributed by atoms with Crippen molar-refractivity contribution in [1.29, 1.82) is 0 Å². The summed E-state index contributed by atoms with van der Waals surface area (Å²) >= 11 is 0. The zero-order valence-corrected chi connectivity index (χ0v) is 32.4. The molecular formula is C55H40N2O. The molecule has 0 radical (unpaired) electrons. The van der Waals surface area contributed by atoms with E-state index in [1.54, 1.807) is 0 Å². The molecule has 1 aliphatic rings. The van der Waals surface area contributed by atoms with E-state index < -0.39 is 5.41 Å². The van der Waals surface area contributed by atoms with Gasteiger partial charge in [-0.25, -0.2) is 4.98 Å². The van der Waals surface area contributed by atoms with Crippen LogP contribution in [0.25, 0.3) is 67.2 Å². The van der Waals surface area contributed by atoms with Crippen molar-refractivity contribution in [2.24, 2.45) is 0 Å². The van der Waals surface area contributed by atoms with Gasteiger partial charge >= 0.3 is 0 Å². The Morgan fingerprint density at radius 3 is 1.60 bits per heavy atom. The topological polar surface area (TPSA) is 46.0 Å². The molecule has 10 rings (SSSR count). The van der Waals surface area contributed by atoms with E-state index in [1.165, 1.54) is 33.4 Å². The number of aromatic nitrogens is 2. The fourth-order valence-electron chi connectivity index (χ4n) is 8.92. The van der Waals surface area contributed by atoms with Crippen LogP contribution in [0.3, 0.4) is 0 Å². The molecule has 9 aromatic rings. The summed E-state index contributed by atoms with van der Waals surface area (Å²) in [5.41, 5.74) is 18.4. The Morgan fingerprint density at radius 1 is 0.362 bits per heavy atom. The molecule has 7 aromatic carbocycles. The van der Waals surface area contributed by atoms with Gasteiger partial charge in [-0.15, -0.1) is 0 Å². The van der Waals surface area contributed by atoms with Crippen LogP contribution in [0.4, 0.5) is 0 Å². The number of fused-ring (bicyclic) bond motifs is 3. The number of phenolic OH excluding ortho intramolecular Hbond substituents is 1. The molecule has 1 N–H and O–H groups in total. The number of aryl methyl sites for hydroxylation is 2. The van der Waals surface area contributed by atoms with Crippen molar-refractivity contribution in [2.75, 3.05) is 0 Å². The highest BCUT2D eigenvalue weighted by atomic mass is 16.3. The highest BCUT2D eigenvalue weighted by molar-refractivity contribution is 5.89. The summed E-state index contributed by atoms with van der Waals surface area (Å²) in [4.78, 5) is 10.2. The van der Waals surface area contributed by atoms with Crippen LogP contribution in [0.1, 0.15) is 33.5 Å². The Morgan fingerprint density at radius 2 is 0.897 bits per heavy atom. The molecule has 1 aliphatic carbocycles. The number of aromatic hydroxyl groups is 1. The van der Waals surface area contributed by atoms with E-state index >= 15 is 0 Å². The van der Waals surface area contributed by atoms with Crippen LogP contribution in [0.5, 0.6) is 5.75 Å². The molecule has 0 fully saturated rings. The number of hydrogen-bond acceptors (Lipinski definition) is 3. The number of nitrogens with zero attached hydrogens (tertiary/aromatic N) is 2. The van der Waals surface area contributed by atoms with Crippen molar-refractivity contribution in [3.05, 3.63) is 234 Å². The first-order chi connectivity index (χ1) is 28.5. The van der Waals surface area contributed by atoms with Crippen LogP contribution < -0.4 is 0 Å². The fraction of sp³-hybridized carbons (Fsp3) is 0.0545. The van der Waals surface area contributed by atoms with Gasteiger partial charge in [0.25, 0.3) is 0 Å². The van der Waals surface area contributed by atoms with Gasteiger partial charge in [-0.1, -0.05) is 158 Å². The summed E-state index contributed by atoms with van der Waals surface area (Å²) in [5.74, 6) is 0.247. The fourth-order valence-corrected chi connectivity index (χ4v) is 8.92. The molecule has 3 heteroatoms. The van der Waals surface area contributed by atoms with E-state index in [9.17, 15) is 5.11 Å². The van der Waals surface area contributed by atoms with E-state index in [2.05, 4.69) is 171 Å². The molecule has 0 saturated heterocycles. The highest BCUT2D eigenvalue weighted by Gasteiger charge is 2.46. The number of hydrogen-bond donors (Lipinski definition) is 1. The third kappa shape index (κ3) is 5.91. The van der Waals surface area contributed by atoms with Crippen molar-refractivity contribution >= 4 is 0 Å². The summed E-state index contributed by atoms with van der Waals surface area (Å²) in [6, 6.07) is 70.9. The number of phenols is 1. The minimum Gasteiger partial charge on any atom is -0.507 e. The van der Waals surface area contributed by atoms with Crippen molar-refractivity contribution in [3.8, 4) is 72.9 Å². The van der Waals surface area contributed by atoms with Gasteiger partial charge in [-0.05, 0) is 118 Å². The molecule has 0 bridgehead atoms. The van der Waals surface area contributed by atoms with Crippen molar-refractivity contribution < 1.29 is 5.11 Å². The Hall–Kier alpha value is -7.36.